The first-order valence-corrected chi connectivity index (χ1v) is 8.12. The van der Waals surface area contributed by atoms with E-state index in [4.69, 9.17) is 0 Å². The Morgan fingerprint density at radius 3 is 2.39 bits per heavy atom. The third-order valence-electron chi connectivity index (χ3n) is 4.21. The maximum absolute atomic E-state index is 12.5. The topological polar surface area (TPSA) is 64.4 Å². The molecule has 23 heavy (non-hydrogen) atoms. The summed E-state index contributed by atoms with van der Waals surface area (Å²) in [6.45, 7) is 4.33. The number of hydrogen-bond acceptors (Lipinski definition) is 4. The van der Waals surface area contributed by atoms with E-state index in [-0.39, 0.29) is 5.91 Å². The van der Waals surface area contributed by atoms with Gasteiger partial charge in [-0.2, -0.15) is 5.26 Å². The van der Waals surface area contributed by atoms with Crippen molar-refractivity contribution in [2.75, 3.05) is 31.6 Å². The molecule has 1 heterocycles. The number of likely N-dealkylation sites (tertiary alicyclic amines) is 1. The molecular formula is C18H23N3O2. The van der Waals surface area contributed by atoms with Gasteiger partial charge >= 0.3 is 0 Å². The van der Waals surface area contributed by atoms with Crippen LogP contribution in [0.25, 0.3) is 0 Å². The second-order valence-corrected chi connectivity index (χ2v) is 5.93. The van der Waals surface area contributed by atoms with Crippen LogP contribution in [0.1, 0.15) is 36.5 Å². The summed E-state index contributed by atoms with van der Waals surface area (Å²) < 4.78 is 0. The molecule has 1 saturated heterocycles. The Morgan fingerprint density at radius 2 is 1.87 bits per heavy atom. The second kappa shape index (κ2) is 7.77. The second-order valence-electron chi connectivity index (χ2n) is 5.93. The fourth-order valence-corrected chi connectivity index (χ4v) is 2.86. The van der Waals surface area contributed by atoms with Crippen LogP contribution in [0.15, 0.2) is 24.3 Å². The van der Waals surface area contributed by atoms with Crippen molar-refractivity contribution in [3.63, 3.8) is 0 Å². The highest BCUT2D eigenvalue weighted by molar-refractivity contribution is 6.12. The fraction of sp³-hybridized carbons (Fsp3) is 0.500. The monoisotopic (exact) mass is 313 g/mol. The number of anilines is 1. The van der Waals surface area contributed by atoms with Crippen LogP contribution in [0.3, 0.4) is 0 Å². The lowest BCUT2D eigenvalue weighted by atomic mass is 9.97. The zero-order valence-corrected chi connectivity index (χ0v) is 13.8. The number of Topliss-reactive ketones (excluding diaryl/α,β-unsaturated/α-hetero) is 1. The molecule has 1 aliphatic rings. The number of rotatable bonds is 6. The lowest BCUT2D eigenvalue weighted by molar-refractivity contribution is -0.131. The Hall–Kier alpha value is -2.35. The van der Waals surface area contributed by atoms with Crippen LogP contribution < -0.4 is 4.90 Å². The average Bonchev–Trinajstić information content (AvgIpc) is 3.10. The van der Waals surface area contributed by atoms with Gasteiger partial charge in [-0.3, -0.25) is 9.59 Å². The molecule has 122 valence electrons. The molecule has 5 nitrogen and oxygen atoms in total. The summed E-state index contributed by atoms with van der Waals surface area (Å²) in [6.07, 6.45) is 2.92. The molecule has 1 aromatic rings. The largest absolute Gasteiger partial charge is 0.375 e. The van der Waals surface area contributed by atoms with E-state index >= 15 is 0 Å². The minimum absolute atomic E-state index is 0.359. The van der Waals surface area contributed by atoms with Crippen LogP contribution in [-0.4, -0.2) is 43.3 Å². The maximum Gasteiger partial charge on any atom is 0.247 e. The molecule has 2 rings (SSSR count). The van der Waals surface area contributed by atoms with Crippen molar-refractivity contribution in [1.29, 1.82) is 5.26 Å². The van der Waals surface area contributed by atoms with Gasteiger partial charge < -0.3 is 9.80 Å². The number of nitrogens with zero attached hydrogens (tertiary/aromatic N) is 3. The van der Waals surface area contributed by atoms with Gasteiger partial charge in [0.25, 0.3) is 0 Å². The lowest BCUT2D eigenvalue weighted by Crippen LogP contribution is -2.37. The summed E-state index contributed by atoms with van der Waals surface area (Å²) in [5, 5.41) is 9.27. The molecule has 1 aliphatic heterocycles. The van der Waals surface area contributed by atoms with Crippen LogP contribution in [0.2, 0.25) is 0 Å². The van der Waals surface area contributed by atoms with E-state index in [9.17, 15) is 14.9 Å². The minimum atomic E-state index is -1.23. The number of carbonyl (C=O) groups excluding carboxylic acids is 2. The zero-order chi connectivity index (χ0) is 16.8. The van der Waals surface area contributed by atoms with Gasteiger partial charge in [-0.1, -0.05) is 6.92 Å². The molecule has 0 radical (unpaired) electrons. The summed E-state index contributed by atoms with van der Waals surface area (Å²) in [4.78, 5) is 28.5. The SMILES string of the molecule is CCCN(C)c1ccc(C(=O)[C@H](C#N)C(=O)N2CCCC2)cc1. The normalized spacial score (nSPS) is 15.1. The highest BCUT2D eigenvalue weighted by Crippen LogP contribution is 2.19. The summed E-state index contributed by atoms with van der Waals surface area (Å²) in [5.41, 5.74) is 1.43. The molecular weight excluding hydrogens is 290 g/mol. The number of ketones is 1. The van der Waals surface area contributed by atoms with Gasteiger partial charge in [0.05, 0.1) is 6.07 Å². The molecule has 0 aromatic heterocycles. The molecule has 0 saturated carbocycles. The number of hydrogen-bond donors (Lipinski definition) is 0. The van der Waals surface area contributed by atoms with Gasteiger partial charge in [0.15, 0.2) is 11.7 Å². The van der Waals surface area contributed by atoms with Crippen molar-refractivity contribution >= 4 is 17.4 Å². The third kappa shape index (κ3) is 3.89. The predicted molar refractivity (Wildman–Crippen MR) is 89.3 cm³/mol. The predicted octanol–water partition coefficient (Wildman–Crippen LogP) is 2.48. The van der Waals surface area contributed by atoms with E-state index in [0.29, 0.717) is 18.7 Å². The Kier molecular flexibility index (Phi) is 5.75. The van der Waals surface area contributed by atoms with Crippen molar-refractivity contribution in [3.05, 3.63) is 29.8 Å². The first kappa shape index (κ1) is 17.0. The molecule has 0 aliphatic carbocycles. The molecule has 0 N–H and O–H groups in total. The summed E-state index contributed by atoms with van der Waals surface area (Å²) >= 11 is 0. The smallest absolute Gasteiger partial charge is 0.247 e. The van der Waals surface area contributed by atoms with Crippen molar-refractivity contribution in [1.82, 2.24) is 4.90 Å². The van der Waals surface area contributed by atoms with E-state index in [1.54, 1.807) is 17.0 Å². The van der Waals surface area contributed by atoms with E-state index in [1.807, 2.05) is 25.2 Å². The Labute approximate surface area is 137 Å². The molecule has 1 aromatic carbocycles. The maximum atomic E-state index is 12.5. The van der Waals surface area contributed by atoms with Crippen molar-refractivity contribution in [2.24, 2.45) is 5.92 Å². The molecule has 1 amide bonds. The summed E-state index contributed by atoms with van der Waals surface area (Å²) in [7, 11) is 2.00. The molecule has 1 fully saturated rings. The van der Waals surface area contributed by atoms with Crippen LogP contribution in [0.5, 0.6) is 0 Å². The Bertz CT molecular complexity index is 598. The number of benzene rings is 1. The Balaban J connectivity index is 2.11. The fourth-order valence-electron chi connectivity index (χ4n) is 2.86. The number of amides is 1. The van der Waals surface area contributed by atoms with Crippen LogP contribution in [0.4, 0.5) is 5.69 Å². The first-order valence-electron chi connectivity index (χ1n) is 8.12. The zero-order valence-electron chi connectivity index (χ0n) is 13.8. The molecule has 0 bridgehead atoms. The Morgan fingerprint density at radius 1 is 1.26 bits per heavy atom. The number of carbonyl (C=O) groups is 2. The molecule has 0 unspecified atom stereocenters. The van der Waals surface area contributed by atoms with E-state index in [1.165, 1.54) is 0 Å². The van der Waals surface area contributed by atoms with Crippen molar-refractivity contribution < 1.29 is 9.59 Å². The van der Waals surface area contributed by atoms with Gasteiger partial charge in [0, 0.05) is 37.9 Å². The third-order valence-corrected chi connectivity index (χ3v) is 4.21. The average molecular weight is 313 g/mol. The van der Waals surface area contributed by atoms with Gasteiger partial charge in [0.2, 0.25) is 5.91 Å². The molecule has 1 atom stereocenters. The quantitative estimate of drug-likeness (QED) is 0.598. The van der Waals surface area contributed by atoms with Gasteiger partial charge in [0.1, 0.15) is 0 Å². The van der Waals surface area contributed by atoms with Crippen LogP contribution >= 0.6 is 0 Å². The van der Waals surface area contributed by atoms with Crippen molar-refractivity contribution in [3.8, 4) is 6.07 Å². The van der Waals surface area contributed by atoms with Crippen LogP contribution in [0, 0.1) is 17.2 Å². The number of nitriles is 1. The lowest BCUT2D eigenvalue weighted by Gasteiger charge is -2.19. The van der Waals surface area contributed by atoms with E-state index in [0.717, 1.165) is 31.5 Å². The van der Waals surface area contributed by atoms with E-state index in [2.05, 4.69) is 11.8 Å². The standard InChI is InChI=1S/C18H23N3O2/c1-3-10-20(2)15-8-6-14(7-9-15)17(22)16(13-19)18(23)21-11-4-5-12-21/h6-9,16H,3-5,10-12H2,1-2H3/t16-/m0/s1. The van der Waals surface area contributed by atoms with E-state index < -0.39 is 11.7 Å². The van der Waals surface area contributed by atoms with Gasteiger partial charge in [-0.15, -0.1) is 0 Å². The highest BCUT2D eigenvalue weighted by Gasteiger charge is 2.32. The molecule has 5 heteroatoms. The molecule has 0 spiro atoms. The minimum Gasteiger partial charge on any atom is -0.375 e. The first-order chi connectivity index (χ1) is 11.1. The van der Waals surface area contributed by atoms with Crippen LogP contribution in [-0.2, 0) is 4.79 Å². The summed E-state index contributed by atoms with van der Waals surface area (Å²) in [5.74, 6) is -2.00. The van der Waals surface area contributed by atoms with Gasteiger partial charge in [-0.25, -0.2) is 0 Å². The summed E-state index contributed by atoms with van der Waals surface area (Å²) in [6, 6.07) is 9.00. The van der Waals surface area contributed by atoms with Gasteiger partial charge in [-0.05, 0) is 43.5 Å². The highest BCUT2D eigenvalue weighted by atomic mass is 16.2. The van der Waals surface area contributed by atoms with Crippen molar-refractivity contribution in [2.45, 2.75) is 26.2 Å².